The van der Waals surface area contributed by atoms with E-state index in [2.05, 4.69) is 9.87 Å². The molecule has 42 heavy (non-hydrogen) atoms. The second-order valence-corrected chi connectivity index (χ2v) is 9.98. The molecule has 0 atom stereocenters. The Morgan fingerprint density at radius 3 is 2.36 bits per heavy atom. The molecule has 214 valence electrons. The lowest BCUT2D eigenvalue weighted by atomic mass is 9.91. The summed E-state index contributed by atoms with van der Waals surface area (Å²) in [7, 11) is 0. The van der Waals surface area contributed by atoms with E-state index in [0.29, 0.717) is 34.4 Å². The van der Waals surface area contributed by atoms with Gasteiger partial charge in [-0.25, -0.2) is 4.79 Å². The number of hydrogen-bond donors (Lipinski definition) is 0. The summed E-state index contributed by atoms with van der Waals surface area (Å²) in [5.41, 5.74) is 5.02. The molecule has 0 saturated carbocycles. The summed E-state index contributed by atoms with van der Waals surface area (Å²) in [6.07, 6.45) is -2.50. The molecule has 1 heterocycles. The van der Waals surface area contributed by atoms with Crippen LogP contribution in [0.1, 0.15) is 40.3 Å². The Morgan fingerprint density at radius 1 is 0.857 bits per heavy atom. The van der Waals surface area contributed by atoms with Gasteiger partial charge < -0.3 is 4.74 Å². The van der Waals surface area contributed by atoms with Crippen molar-refractivity contribution in [3.8, 4) is 22.6 Å². The van der Waals surface area contributed by atoms with Gasteiger partial charge in [-0.3, -0.25) is 14.8 Å². The van der Waals surface area contributed by atoms with E-state index < -0.39 is 17.7 Å². The summed E-state index contributed by atoms with van der Waals surface area (Å²) in [6.45, 7) is 5.27. The number of pyridine rings is 1. The molecule has 0 bridgehead atoms. The van der Waals surface area contributed by atoms with Gasteiger partial charge in [0.25, 0.3) is 0 Å². The van der Waals surface area contributed by atoms with Crippen LogP contribution in [0.25, 0.3) is 22.0 Å². The van der Waals surface area contributed by atoms with Gasteiger partial charge in [0.1, 0.15) is 12.4 Å². The lowest BCUT2D eigenvalue weighted by molar-refractivity contribution is -0.211. The first-order chi connectivity index (χ1) is 20.1. The quantitative estimate of drug-likeness (QED) is 0.138. The molecule has 0 unspecified atom stereocenters. The minimum absolute atomic E-state index is 0.0972. The average molecular weight is 572 g/mol. The number of rotatable bonds is 8. The number of ether oxygens (including phenoxy) is 1. The van der Waals surface area contributed by atoms with Gasteiger partial charge in [0.15, 0.2) is 5.75 Å². The molecule has 0 aliphatic heterocycles. The highest BCUT2D eigenvalue weighted by Gasteiger charge is 2.33. The zero-order valence-electron chi connectivity index (χ0n) is 23.3. The summed E-state index contributed by atoms with van der Waals surface area (Å²) >= 11 is 0. The third kappa shape index (κ3) is 6.22. The van der Waals surface area contributed by atoms with Gasteiger partial charge in [-0.1, -0.05) is 60.7 Å². The number of carbonyl (C=O) groups excluding carboxylic acids is 1. The number of fused-ring (bicyclic) bond motifs is 1. The minimum atomic E-state index is -4.54. The monoisotopic (exact) mass is 571 g/mol. The number of para-hydroxylation sites is 1. The largest absolute Gasteiger partial charge is 0.489 e. The lowest BCUT2D eigenvalue weighted by Crippen LogP contribution is -2.07. The first kappa shape index (κ1) is 28.7. The Hall–Kier alpha value is -4.85. The zero-order chi connectivity index (χ0) is 29.9. The summed E-state index contributed by atoms with van der Waals surface area (Å²) in [5, 5.41) is 0.416. The van der Waals surface area contributed by atoms with Crippen molar-refractivity contribution in [1.82, 2.24) is 4.98 Å². The van der Waals surface area contributed by atoms with Gasteiger partial charge in [0, 0.05) is 24.1 Å². The van der Waals surface area contributed by atoms with E-state index in [1.165, 1.54) is 13.0 Å². The van der Waals surface area contributed by atoms with Crippen molar-refractivity contribution >= 4 is 16.9 Å². The molecular weight excluding hydrogens is 543 g/mol. The molecule has 0 spiro atoms. The molecule has 5 nitrogen and oxygen atoms in total. The van der Waals surface area contributed by atoms with Gasteiger partial charge in [-0.2, -0.15) is 13.2 Å². The molecule has 0 aliphatic carbocycles. The van der Waals surface area contributed by atoms with Crippen molar-refractivity contribution in [2.24, 2.45) is 0 Å². The molecule has 0 radical (unpaired) electrons. The van der Waals surface area contributed by atoms with Gasteiger partial charge in [0.2, 0.25) is 0 Å². The second kappa shape index (κ2) is 11.9. The summed E-state index contributed by atoms with van der Waals surface area (Å²) in [6, 6.07) is 24.7. The van der Waals surface area contributed by atoms with E-state index in [1.807, 2.05) is 62.4 Å². The third-order valence-electron chi connectivity index (χ3n) is 7.09. The molecule has 0 saturated heterocycles. The molecule has 4 aromatic carbocycles. The fourth-order valence-electron chi connectivity index (χ4n) is 4.89. The maximum atomic E-state index is 13.9. The Morgan fingerprint density at radius 2 is 1.60 bits per heavy atom. The van der Waals surface area contributed by atoms with Crippen LogP contribution >= 0.6 is 0 Å². The Labute approximate surface area is 241 Å². The van der Waals surface area contributed by atoms with Gasteiger partial charge in [-0.05, 0) is 77.9 Å². The number of benzene rings is 4. The summed E-state index contributed by atoms with van der Waals surface area (Å²) in [5.74, 6) is 0.363. The fourth-order valence-corrected chi connectivity index (χ4v) is 4.89. The van der Waals surface area contributed by atoms with Crippen molar-refractivity contribution in [3.63, 3.8) is 0 Å². The van der Waals surface area contributed by atoms with Crippen LogP contribution in [-0.4, -0.2) is 11.0 Å². The first-order valence-corrected chi connectivity index (χ1v) is 13.3. The number of hydrogen-bond acceptors (Lipinski definition) is 5. The van der Waals surface area contributed by atoms with Crippen LogP contribution in [0.15, 0.2) is 91.1 Å². The van der Waals surface area contributed by atoms with Crippen LogP contribution in [0.4, 0.5) is 13.2 Å². The number of carbonyl (C=O) groups is 1. The van der Waals surface area contributed by atoms with E-state index in [-0.39, 0.29) is 12.1 Å². The average Bonchev–Trinajstić information content (AvgIpc) is 2.96. The van der Waals surface area contributed by atoms with Crippen molar-refractivity contribution in [2.75, 3.05) is 0 Å². The van der Waals surface area contributed by atoms with Crippen LogP contribution in [0, 0.1) is 13.8 Å². The Balaban J connectivity index is 1.54. The summed E-state index contributed by atoms with van der Waals surface area (Å²) < 4.78 is 47.9. The topological polar surface area (TPSA) is 57.7 Å². The number of aryl methyl sites for hydroxylation is 1. The number of alkyl halides is 3. The van der Waals surface area contributed by atoms with E-state index >= 15 is 0 Å². The minimum Gasteiger partial charge on any atom is -0.489 e. The highest BCUT2D eigenvalue weighted by atomic mass is 19.4. The van der Waals surface area contributed by atoms with Crippen LogP contribution in [0.5, 0.6) is 11.5 Å². The van der Waals surface area contributed by atoms with E-state index in [9.17, 15) is 18.0 Å². The fraction of sp³-hybridized carbons (Fsp3) is 0.176. The standard InChI is InChI=1S/C34H28F3NO4/c1-21-9-4-5-10-24(21)17-27-19-38-33-29(14-8-15-30(33)34(35,36)37)32(27)25-11-6-13-28(18-25)40-20-26-12-7-16-31(22(26)2)42-41-23(3)39/h4-16,18-19H,17,20H2,1-3H3. The predicted octanol–water partition coefficient (Wildman–Crippen LogP) is 8.56. The second-order valence-electron chi connectivity index (χ2n) is 9.98. The maximum absolute atomic E-state index is 13.9. The molecule has 0 fully saturated rings. The van der Waals surface area contributed by atoms with Gasteiger partial charge in [-0.15, -0.1) is 0 Å². The molecule has 1 aromatic heterocycles. The summed E-state index contributed by atoms with van der Waals surface area (Å²) in [4.78, 5) is 25.2. The normalized spacial score (nSPS) is 11.4. The number of nitrogens with zero attached hydrogens (tertiary/aromatic N) is 1. The van der Waals surface area contributed by atoms with Crippen LogP contribution < -0.4 is 9.62 Å². The van der Waals surface area contributed by atoms with Crippen LogP contribution in [0.2, 0.25) is 0 Å². The van der Waals surface area contributed by atoms with E-state index in [4.69, 9.17) is 9.62 Å². The van der Waals surface area contributed by atoms with Crippen molar-refractivity contribution in [2.45, 2.75) is 40.0 Å². The Kier molecular flexibility index (Phi) is 8.15. The van der Waals surface area contributed by atoms with E-state index in [0.717, 1.165) is 33.9 Å². The predicted molar refractivity (Wildman–Crippen MR) is 154 cm³/mol. The molecule has 5 rings (SSSR count). The SMILES string of the molecule is CC(=O)OOc1cccc(COc2cccc(-c3c(Cc4ccccc4C)cnc4c(C(F)(F)F)cccc34)c2)c1C. The molecule has 8 heteroatoms. The molecule has 0 aliphatic rings. The van der Waals surface area contributed by atoms with Crippen LogP contribution in [0.3, 0.4) is 0 Å². The van der Waals surface area contributed by atoms with Crippen molar-refractivity contribution in [1.29, 1.82) is 0 Å². The van der Waals surface area contributed by atoms with Crippen LogP contribution in [-0.2, 0) is 28.9 Å². The van der Waals surface area contributed by atoms with E-state index in [1.54, 1.807) is 30.5 Å². The van der Waals surface area contributed by atoms with Crippen molar-refractivity contribution in [3.05, 3.63) is 125 Å². The molecule has 0 N–H and O–H groups in total. The Bertz CT molecular complexity index is 1760. The van der Waals surface area contributed by atoms with Crippen molar-refractivity contribution < 1.29 is 32.5 Å². The lowest BCUT2D eigenvalue weighted by Gasteiger charge is -2.18. The molecule has 5 aromatic rings. The highest BCUT2D eigenvalue weighted by Crippen LogP contribution is 2.40. The molecular formula is C34H28F3NO4. The zero-order valence-corrected chi connectivity index (χ0v) is 23.3. The van der Waals surface area contributed by atoms with Gasteiger partial charge >= 0.3 is 12.1 Å². The third-order valence-corrected chi connectivity index (χ3v) is 7.09. The maximum Gasteiger partial charge on any atom is 0.418 e. The first-order valence-electron chi connectivity index (χ1n) is 13.3. The number of aromatic nitrogens is 1. The van der Waals surface area contributed by atoms with Gasteiger partial charge in [0.05, 0.1) is 11.1 Å². The number of halogens is 3. The highest BCUT2D eigenvalue weighted by molar-refractivity contribution is 5.98. The molecule has 0 amide bonds. The smallest absolute Gasteiger partial charge is 0.418 e.